The number of nitrogens with zero attached hydrogens (tertiary/aromatic N) is 3. The van der Waals surface area contributed by atoms with Gasteiger partial charge in [0.05, 0.1) is 19.9 Å². The van der Waals surface area contributed by atoms with Crippen molar-refractivity contribution in [3.8, 4) is 0 Å². The first-order chi connectivity index (χ1) is 12.9. The molecule has 0 atom stereocenters. The molecule has 0 aliphatic carbocycles. The zero-order valence-corrected chi connectivity index (χ0v) is 18.0. The van der Waals surface area contributed by atoms with Crippen molar-refractivity contribution in [1.29, 1.82) is 0 Å². The first-order valence-corrected chi connectivity index (χ1v) is 9.03. The molecule has 7 nitrogen and oxygen atoms in total. The lowest BCUT2D eigenvalue weighted by Crippen LogP contribution is -1.99. The monoisotopic (exact) mass is 465 g/mol. The van der Waals surface area contributed by atoms with Gasteiger partial charge in [0.2, 0.25) is 0 Å². The zero-order valence-electron chi connectivity index (χ0n) is 15.0. The van der Waals surface area contributed by atoms with Crippen molar-refractivity contribution in [3.63, 3.8) is 0 Å². The molecule has 11 heteroatoms. The second-order valence-electron chi connectivity index (χ2n) is 5.67. The van der Waals surface area contributed by atoms with Crippen LogP contribution in [0, 0.1) is 27.2 Å². The first kappa shape index (κ1) is 24.0. The zero-order chi connectivity index (χ0) is 21.6. The molecular formula is C17H15Cl4N3O4. The van der Waals surface area contributed by atoms with Crippen LogP contribution in [0.4, 0.5) is 11.4 Å². The van der Waals surface area contributed by atoms with E-state index in [1.807, 2.05) is 19.0 Å². The molecule has 28 heavy (non-hydrogen) atoms. The van der Waals surface area contributed by atoms with Gasteiger partial charge in [-0.05, 0) is 42.5 Å². The molecule has 2 rings (SSSR count). The first-order valence-electron chi connectivity index (χ1n) is 7.52. The van der Waals surface area contributed by atoms with Crippen molar-refractivity contribution in [1.82, 2.24) is 4.90 Å². The molecule has 0 aliphatic rings. The molecule has 2 aromatic carbocycles. The number of hydrogen-bond donors (Lipinski definition) is 0. The fourth-order valence-corrected chi connectivity index (χ4v) is 2.73. The van der Waals surface area contributed by atoms with E-state index in [4.69, 9.17) is 46.4 Å². The van der Waals surface area contributed by atoms with E-state index in [1.54, 1.807) is 19.2 Å². The third kappa shape index (κ3) is 6.83. The van der Waals surface area contributed by atoms with Gasteiger partial charge in [-0.3, -0.25) is 20.2 Å². The highest BCUT2D eigenvalue weighted by Gasteiger charge is 2.15. The Kier molecular flexibility index (Phi) is 8.97. The molecule has 0 fully saturated rings. The van der Waals surface area contributed by atoms with Crippen LogP contribution in [0.15, 0.2) is 30.5 Å². The summed E-state index contributed by atoms with van der Waals surface area (Å²) < 4.78 is 0. The standard InChI is InChI=1S/C10H10Cl2N2O2.C7H5Cl2NO2/c1-13(2)4-3-7-5-9(12)10(14(15)16)6-8(7)11;1-4-2-6(9)7(10(11)12)3-5(4)8/h3-6H,1-2H3;2-3H,1H3/b4-3+;. The number of benzene rings is 2. The van der Waals surface area contributed by atoms with Crippen LogP contribution < -0.4 is 0 Å². The van der Waals surface area contributed by atoms with Gasteiger partial charge in [0.1, 0.15) is 10.0 Å². The van der Waals surface area contributed by atoms with E-state index in [9.17, 15) is 20.2 Å². The number of hydrogen-bond acceptors (Lipinski definition) is 5. The van der Waals surface area contributed by atoms with Gasteiger partial charge < -0.3 is 4.90 Å². The van der Waals surface area contributed by atoms with Gasteiger partial charge in [-0.15, -0.1) is 0 Å². The highest BCUT2D eigenvalue weighted by Crippen LogP contribution is 2.31. The van der Waals surface area contributed by atoms with Crippen molar-refractivity contribution in [2.24, 2.45) is 0 Å². The second kappa shape index (κ2) is 10.5. The van der Waals surface area contributed by atoms with E-state index in [1.165, 1.54) is 24.3 Å². The molecule has 0 saturated heterocycles. The minimum absolute atomic E-state index is 0.0767. The summed E-state index contributed by atoms with van der Waals surface area (Å²) in [5, 5.41) is 21.8. The molecule has 0 radical (unpaired) electrons. The van der Waals surface area contributed by atoms with E-state index in [2.05, 4.69) is 0 Å². The summed E-state index contributed by atoms with van der Waals surface area (Å²) in [7, 11) is 3.72. The van der Waals surface area contributed by atoms with Crippen LogP contribution in [0.3, 0.4) is 0 Å². The van der Waals surface area contributed by atoms with Gasteiger partial charge in [-0.25, -0.2) is 0 Å². The molecule has 0 spiro atoms. The number of halogens is 4. The molecule has 0 unspecified atom stereocenters. The van der Waals surface area contributed by atoms with Gasteiger partial charge in [-0.2, -0.15) is 0 Å². The average Bonchev–Trinajstić information content (AvgIpc) is 2.58. The predicted molar refractivity (Wildman–Crippen MR) is 114 cm³/mol. The lowest BCUT2D eigenvalue weighted by Gasteiger charge is -2.05. The SMILES string of the molecule is CN(C)/C=C/c1cc(Cl)c([N+](=O)[O-])cc1Cl.Cc1cc(Cl)c([N+](=O)[O-])cc1Cl. The minimum atomic E-state index is -0.562. The maximum absolute atomic E-state index is 10.6. The topological polar surface area (TPSA) is 89.5 Å². The summed E-state index contributed by atoms with van der Waals surface area (Å²) in [6.07, 6.45) is 3.52. The molecule has 0 saturated carbocycles. The fourth-order valence-electron chi connectivity index (χ4n) is 1.82. The highest BCUT2D eigenvalue weighted by molar-refractivity contribution is 6.36. The Labute approximate surface area is 181 Å². The maximum Gasteiger partial charge on any atom is 0.289 e. The molecule has 0 N–H and O–H groups in total. The summed E-state index contributed by atoms with van der Waals surface area (Å²) >= 11 is 22.9. The molecule has 0 aromatic heterocycles. The lowest BCUT2D eigenvalue weighted by atomic mass is 10.2. The van der Waals surface area contributed by atoms with Crippen molar-refractivity contribution in [3.05, 3.63) is 81.9 Å². The van der Waals surface area contributed by atoms with E-state index in [0.717, 1.165) is 5.56 Å². The quantitative estimate of drug-likeness (QED) is 0.371. The molecule has 2 aromatic rings. The Bertz CT molecular complexity index is 933. The van der Waals surface area contributed by atoms with Crippen molar-refractivity contribution < 1.29 is 9.85 Å². The van der Waals surface area contributed by atoms with E-state index < -0.39 is 9.85 Å². The molecule has 0 heterocycles. The average molecular weight is 467 g/mol. The van der Waals surface area contributed by atoms with Crippen LogP contribution >= 0.6 is 46.4 Å². The van der Waals surface area contributed by atoms with Crippen molar-refractivity contribution in [2.45, 2.75) is 6.92 Å². The normalized spacial score (nSPS) is 10.4. The summed E-state index contributed by atoms with van der Waals surface area (Å²) in [4.78, 5) is 21.6. The summed E-state index contributed by atoms with van der Waals surface area (Å²) in [5.41, 5.74) is 1.03. The van der Waals surface area contributed by atoms with Gasteiger partial charge in [0.25, 0.3) is 11.4 Å². The summed E-state index contributed by atoms with van der Waals surface area (Å²) in [5.74, 6) is 0. The Balaban J connectivity index is 0.000000292. The second-order valence-corrected chi connectivity index (χ2v) is 7.30. The maximum atomic E-state index is 10.6. The summed E-state index contributed by atoms with van der Waals surface area (Å²) in [6, 6.07) is 5.45. The van der Waals surface area contributed by atoms with Gasteiger partial charge >= 0.3 is 0 Å². The van der Waals surface area contributed by atoms with Gasteiger partial charge in [0.15, 0.2) is 0 Å². The Hall–Kier alpha value is -2.06. The van der Waals surface area contributed by atoms with Crippen LogP contribution in [0.1, 0.15) is 11.1 Å². The molecule has 150 valence electrons. The fraction of sp³-hybridized carbons (Fsp3) is 0.176. The smallest absolute Gasteiger partial charge is 0.289 e. The van der Waals surface area contributed by atoms with Gasteiger partial charge in [0, 0.05) is 26.2 Å². The summed E-state index contributed by atoms with van der Waals surface area (Å²) in [6.45, 7) is 1.73. The predicted octanol–water partition coefficient (Wildman–Crippen LogP) is 6.64. The number of nitro groups is 2. The van der Waals surface area contributed by atoms with Crippen LogP contribution in [0.5, 0.6) is 0 Å². The van der Waals surface area contributed by atoms with E-state index in [-0.39, 0.29) is 21.4 Å². The largest absolute Gasteiger partial charge is 0.383 e. The van der Waals surface area contributed by atoms with Crippen LogP contribution in [-0.2, 0) is 0 Å². The van der Waals surface area contributed by atoms with E-state index in [0.29, 0.717) is 15.6 Å². The van der Waals surface area contributed by atoms with Gasteiger partial charge in [-0.1, -0.05) is 46.4 Å². The van der Waals surface area contributed by atoms with Crippen LogP contribution in [-0.4, -0.2) is 28.8 Å². The highest BCUT2D eigenvalue weighted by atomic mass is 35.5. The number of rotatable bonds is 4. The Morgan fingerprint density at radius 3 is 1.75 bits per heavy atom. The van der Waals surface area contributed by atoms with E-state index >= 15 is 0 Å². The number of nitro benzene ring substituents is 2. The molecule has 0 amide bonds. The number of aryl methyl sites for hydroxylation is 1. The Morgan fingerprint density at radius 1 is 0.821 bits per heavy atom. The van der Waals surface area contributed by atoms with Crippen molar-refractivity contribution in [2.75, 3.05) is 14.1 Å². The molecular weight excluding hydrogens is 452 g/mol. The molecule has 0 bridgehead atoms. The molecule has 0 aliphatic heterocycles. The van der Waals surface area contributed by atoms with Crippen LogP contribution in [0.2, 0.25) is 20.1 Å². The Morgan fingerprint density at radius 2 is 1.29 bits per heavy atom. The van der Waals surface area contributed by atoms with Crippen LogP contribution in [0.25, 0.3) is 6.08 Å². The third-order valence-corrected chi connectivity index (χ3v) is 4.58. The lowest BCUT2D eigenvalue weighted by molar-refractivity contribution is -0.384. The third-order valence-electron chi connectivity index (χ3n) is 3.24. The van der Waals surface area contributed by atoms with Crippen molar-refractivity contribution >= 4 is 63.9 Å². The minimum Gasteiger partial charge on any atom is -0.383 e.